The number of anilines is 2. The number of amides is 2. The van der Waals surface area contributed by atoms with Crippen molar-refractivity contribution in [2.45, 2.75) is 32.1 Å². The zero-order valence-electron chi connectivity index (χ0n) is 18.1. The molecule has 35 heavy (non-hydrogen) atoms. The third-order valence-corrected chi connectivity index (χ3v) is 5.59. The molecule has 0 aliphatic heterocycles. The molecule has 5 N–H and O–H groups in total. The topological polar surface area (TPSA) is 152 Å². The van der Waals surface area contributed by atoms with Gasteiger partial charge >= 0.3 is 12.2 Å². The summed E-state index contributed by atoms with van der Waals surface area (Å²) in [6.45, 7) is 2.68. The zero-order valence-corrected chi connectivity index (χ0v) is 18.9. The van der Waals surface area contributed by atoms with Crippen molar-refractivity contribution in [2.75, 3.05) is 16.4 Å². The van der Waals surface area contributed by atoms with Crippen LogP contribution >= 0.6 is 0 Å². The second kappa shape index (κ2) is 9.61. The maximum absolute atomic E-state index is 14.0. The summed E-state index contributed by atoms with van der Waals surface area (Å²) in [6.07, 6.45) is -2.92. The first-order valence-electron chi connectivity index (χ1n) is 9.75. The number of rotatable bonds is 7. The lowest BCUT2D eigenvalue weighted by Crippen LogP contribution is -2.40. The number of carbonyl (C=O) groups is 1. The van der Waals surface area contributed by atoms with E-state index in [4.69, 9.17) is 9.56 Å². The molecule has 0 saturated carbocycles. The molecule has 0 aliphatic carbocycles. The fourth-order valence-electron chi connectivity index (χ4n) is 3.21. The quantitative estimate of drug-likeness (QED) is 0.347. The Morgan fingerprint density at radius 1 is 1.20 bits per heavy atom. The lowest BCUT2D eigenvalue weighted by molar-refractivity contribution is -0.158. The van der Waals surface area contributed by atoms with E-state index in [9.17, 15) is 35.2 Å². The van der Waals surface area contributed by atoms with Crippen LogP contribution in [0.5, 0.6) is 0 Å². The molecule has 0 radical (unpaired) electrons. The number of alkyl halides is 3. The van der Waals surface area contributed by atoms with Crippen LogP contribution in [0.2, 0.25) is 0 Å². The minimum Gasteiger partial charge on any atom is -0.455 e. The summed E-state index contributed by atoms with van der Waals surface area (Å²) in [5, 5.41) is 11.2. The highest BCUT2D eigenvalue weighted by Gasteiger charge is 2.45. The molecule has 0 saturated heterocycles. The van der Waals surface area contributed by atoms with Gasteiger partial charge in [-0.2, -0.15) is 13.2 Å². The molecule has 0 fully saturated rings. The van der Waals surface area contributed by atoms with Gasteiger partial charge in [0, 0.05) is 23.1 Å². The number of halogens is 5. The summed E-state index contributed by atoms with van der Waals surface area (Å²) in [5.41, 5.74) is -0.876. The lowest BCUT2D eigenvalue weighted by atomic mass is 10.1. The molecule has 3 aromatic rings. The van der Waals surface area contributed by atoms with Gasteiger partial charge in [-0.3, -0.25) is 0 Å². The highest BCUT2D eigenvalue weighted by atomic mass is 32.2. The molecule has 10 nitrogen and oxygen atoms in total. The molecule has 3 rings (SSSR count). The first kappa shape index (κ1) is 26.1. The standard InChI is InChI=1S/C19H19F5N6O4S/c1-8(7-35(25,32)33)28-17-26-5-11(6-27-17)29-18(31)30-16(19(22,23)24)14-9(2)12-3-10(20)4-13(21)15(12)34-14/h3-6,8,16H,7H2,1-2H3,(H2,25,32,33)(H,26,27,28)(H2,29,30,31)/t8-,16?/m1/s1. The van der Waals surface area contributed by atoms with E-state index in [2.05, 4.69) is 20.6 Å². The van der Waals surface area contributed by atoms with Crippen LogP contribution in [-0.4, -0.2) is 42.4 Å². The van der Waals surface area contributed by atoms with E-state index in [0.717, 1.165) is 18.5 Å². The fraction of sp³-hybridized carbons (Fsp3) is 0.316. The number of hydrogen-bond donors (Lipinski definition) is 4. The highest BCUT2D eigenvalue weighted by molar-refractivity contribution is 7.89. The van der Waals surface area contributed by atoms with Gasteiger partial charge in [0.15, 0.2) is 17.4 Å². The number of fused-ring (bicyclic) bond motifs is 1. The number of nitrogens with two attached hydrogens (primary N) is 1. The summed E-state index contributed by atoms with van der Waals surface area (Å²) in [4.78, 5) is 19.9. The summed E-state index contributed by atoms with van der Waals surface area (Å²) in [6, 6.07) is -3.36. The number of hydrogen-bond acceptors (Lipinski definition) is 7. The third-order valence-electron chi connectivity index (χ3n) is 4.63. The van der Waals surface area contributed by atoms with Crippen molar-refractivity contribution in [1.82, 2.24) is 15.3 Å². The van der Waals surface area contributed by atoms with Crippen LogP contribution < -0.4 is 21.1 Å². The number of aryl methyl sites for hydroxylation is 1. The van der Waals surface area contributed by atoms with E-state index >= 15 is 0 Å². The van der Waals surface area contributed by atoms with E-state index in [0.29, 0.717) is 6.07 Å². The molecular formula is C19H19F5N6O4S. The molecule has 1 unspecified atom stereocenters. The summed E-state index contributed by atoms with van der Waals surface area (Å²) < 4.78 is 95.9. The fourth-order valence-corrected chi connectivity index (χ4v) is 3.99. The van der Waals surface area contributed by atoms with Gasteiger partial charge in [-0.15, -0.1) is 0 Å². The molecule has 0 spiro atoms. The average Bonchev–Trinajstić information content (AvgIpc) is 3.02. The SMILES string of the molecule is Cc1c(C(NC(=O)Nc2cnc(N[C@H](C)CS(N)(=O)=O)nc2)C(F)(F)F)oc2c(F)cc(F)cc12. The Balaban J connectivity index is 1.75. The van der Waals surface area contributed by atoms with Gasteiger partial charge in [-0.05, 0) is 19.9 Å². The monoisotopic (exact) mass is 522 g/mol. The Labute approximate surface area is 195 Å². The molecule has 0 aliphatic rings. The number of urea groups is 1. The van der Waals surface area contributed by atoms with Crippen LogP contribution in [0.1, 0.15) is 24.3 Å². The maximum Gasteiger partial charge on any atom is 0.416 e. The number of nitrogens with zero attached hydrogens (tertiary/aromatic N) is 2. The van der Waals surface area contributed by atoms with Crippen molar-refractivity contribution >= 4 is 38.7 Å². The summed E-state index contributed by atoms with van der Waals surface area (Å²) in [7, 11) is -3.75. The van der Waals surface area contributed by atoms with Crippen LogP contribution in [-0.2, 0) is 10.0 Å². The molecule has 2 heterocycles. The zero-order chi connectivity index (χ0) is 26.1. The molecule has 2 amide bonds. The van der Waals surface area contributed by atoms with Crippen molar-refractivity contribution in [3.63, 3.8) is 0 Å². The number of primary sulfonamides is 1. The molecule has 2 atom stereocenters. The van der Waals surface area contributed by atoms with Gasteiger partial charge in [-0.25, -0.2) is 37.1 Å². The maximum atomic E-state index is 14.0. The second-order valence-corrected chi connectivity index (χ2v) is 9.26. The first-order chi connectivity index (χ1) is 16.1. The third kappa shape index (κ3) is 6.54. The number of benzene rings is 1. The summed E-state index contributed by atoms with van der Waals surface area (Å²) >= 11 is 0. The van der Waals surface area contributed by atoms with Crippen LogP contribution in [0.15, 0.2) is 28.9 Å². The lowest BCUT2D eigenvalue weighted by Gasteiger charge is -2.20. The number of nitrogens with one attached hydrogen (secondary N) is 3. The van der Waals surface area contributed by atoms with Gasteiger partial charge in [0.1, 0.15) is 11.6 Å². The Kier molecular flexibility index (Phi) is 7.16. The average molecular weight is 522 g/mol. The molecule has 190 valence electrons. The predicted molar refractivity (Wildman–Crippen MR) is 115 cm³/mol. The number of sulfonamides is 1. The first-order valence-corrected chi connectivity index (χ1v) is 11.5. The molecule has 16 heteroatoms. The number of aromatic nitrogens is 2. The minimum absolute atomic E-state index is 0.0209. The van der Waals surface area contributed by atoms with Crippen molar-refractivity contribution in [3.05, 3.63) is 47.5 Å². The van der Waals surface area contributed by atoms with Crippen LogP contribution in [0.25, 0.3) is 11.0 Å². The van der Waals surface area contributed by atoms with Crippen LogP contribution in [0, 0.1) is 18.6 Å². The second-order valence-electron chi connectivity index (χ2n) is 7.60. The van der Waals surface area contributed by atoms with Crippen molar-refractivity contribution < 1.29 is 39.6 Å². The van der Waals surface area contributed by atoms with E-state index in [1.165, 1.54) is 13.8 Å². The highest BCUT2D eigenvalue weighted by Crippen LogP contribution is 2.39. The predicted octanol–water partition coefficient (Wildman–Crippen LogP) is 3.32. The van der Waals surface area contributed by atoms with Gasteiger partial charge in [0.2, 0.25) is 16.0 Å². The molecule has 2 aromatic heterocycles. The Morgan fingerprint density at radius 3 is 2.40 bits per heavy atom. The summed E-state index contributed by atoms with van der Waals surface area (Å²) in [5.74, 6) is -3.44. The van der Waals surface area contributed by atoms with Crippen molar-refractivity contribution in [3.8, 4) is 0 Å². The Hall–Kier alpha value is -3.53. The van der Waals surface area contributed by atoms with Gasteiger partial charge in [-0.1, -0.05) is 0 Å². The molecular weight excluding hydrogens is 503 g/mol. The molecule has 1 aromatic carbocycles. The Morgan fingerprint density at radius 2 is 1.83 bits per heavy atom. The van der Waals surface area contributed by atoms with E-state index in [1.54, 1.807) is 5.32 Å². The smallest absolute Gasteiger partial charge is 0.416 e. The Bertz CT molecular complexity index is 1340. The van der Waals surface area contributed by atoms with E-state index in [-0.39, 0.29) is 22.6 Å². The van der Waals surface area contributed by atoms with E-state index in [1.807, 2.05) is 0 Å². The minimum atomic E-state index is -5.05. The van der Waals surface area contributed by atoms with Gasteiger partial charge < -0.3 is 20.4 Å². The largest absolute Gasteiger partial charge is 0.455 e. The van der Waals surface area contributed by atoms with E-state index < -0.39 is 63.0 Å². The van der Waals surface area contributed by atoms with Crippen molar-refractivity contribution in [2.24, 2.45) is 5.14 Å². The van der Waals surface area contributed by atoms with Gasteiger partial charge in [0.05, 0.1) is 23.8 Å². The molecule has 0 bridgehead atoms. The van der Waals surface area contributed by atoms with Crippen LogP contribution in [0.4, 0.5) is 38.4 Å². The normalized spacial score (nSPS) is 13.9. The van der Waals surface area contributed by atoms with Gasteiger partial charge in [0.25, 0.3) is 0 Å². The number of carbonyl (C=O) groups excluding carboxylic acids is 1. The number of furan rings is 1. The van der Waals surface area contributed by atoms with Crippen LogP contribution in [0.3, 0.4) is 0 Å². The van der Waals surface area contributed by atoms with Crippen molar-refractivity contribution in [1.29, 1.82) is 0 Å².